The third-order valence-corrected chi connectivity index (χ3v) is 4.03. The fourth-order valence-electron chi connectivity index (χ4n) is 2.24. The molecular formula is C19H21ClN6O. The van der Waals surface area contributed by atoms with Gasteiger partial charge in [-0.1, -0.05) is 29.8 Å². The highest BCUT2D eigenvalue weighted by Crippen LogP contribution is 2.26. The molecule has 27 heavy (non-hydrogen) atoms. The van der Waals surface area contributed by atoms with Crippen molar-refractivity contribution in [1.29, 1.82) is 0 Å². The van der Waals surface area contributed by atoms with E-state index in [0.717, 1.165) is 28.3 Å². The number of imidazole rings is 1. The Morgan fingerprint density at radius 3 is 2.63 bits per heavy atom. The van der Waals surface area contributed by atoms with Crippen LogP contribution in [0.15, 0.2) is 60.6 Å². The summed E-state index contributed by atoms with van der Waals surface area (Å²) >= 11 is 6.19. The summed E-state index contributed by atoms with van der Waals surface area (Å²) in [6.07, 6.45) is 4.82. The topological polar surface area (TPSA) is 111 Å². The average molecular weight is 385 g/mol. The Morgan fingerprint density at radius 1 is 1.22 bits per heavy atom. The minimum atomic E-state index is 0.270. The zero-order valence-corrected chi connectivity index (χ0v) is 15.8. The van der Waals surface area contributed by atoms with Crippen molar-refractivity contribution in [3.63, 3.8) is 0 Å². The molecule has 5 N–H and O–H groups in total. The third kappa shape index (κ3) is 5.08. The van der Waals surface area contributed by atoms with Gasteiger partial charge < -0.3 is 16.8 Å². The van der Waals surface area contributed by atoms with Crippen molar-refractivity contribution >= 4 is 23.7 Å². The van der Waals surface area contributed by atoms with Gasteiger partial charge in [-0.3, -0.25) is 4.79 Å². The maximum Gasteiger partial charge on any atom is 0.212 e. The fraction of sp³-hybridized carbons (Fsp3) is 0.105. The van der Waals surface area contributed by atoms with Crippen LogP contribution in [0.2, 0.25) is 5.02 Å². The van der Waals surface area contributed by atoms with Crippen LogP contribution < -0.4 is 16.8 Å². The molecule has 2 aromatic heterocycles. The first-order valence-electron chi connectivity index (χ1n) is 8.10. The third-order valence-electron chi connectivity index (χ3n) is 3.70. The lowest BCUT2D eigenvalue weighted by molar-refractivity contribution is -0.108. The number of aryl methyl sites for hydroxylation is 2. The van der Waals surface area contributed by atoms with Crippen LogP contribution in [0.1, 0.15) is 11.4 Å². The first kappa shape index (κ1) is 20.0. The molecule has 0 bridgehead atoms. The largest absolute Gasteiger partial charge is 0.405 e. The van der Waals surface area contributed by atoms with E-state index in [1.54, 1.807) is 0 Å². The van der Waals surface area contributed by atoms with Gasteiger partial charge >= 0.3 is 0 Å². The number of amides is 1. The standard InChI is InChI=1S/C14H12ClN3.C5H9N3O/c1-9-10(2)18-14(16-9)8-7-13(17-18)11-5-3-4-6-12(11)15;6-3-1-2-5(7)8-4-9/h3-8H,1-2H3;1-4H,6-7H2,(H,8,9)/b;3-1-,5-2+. The van der Waals surface area contributed by atoms with E-state index < -0.39 is 0 Å². The zero-order valence-electron chi connectivity index (χ0n) is 15.1. The van der Waals surface area contributed by atoms with E-state index in [2.05, 4.69) is 15.4 Å². The number of aromatic nitrogens is 3. The first-order chi connectivity index (χ1) is 13.0. The highest BCUT2D eigenvalue weighted by atomic mass is 35.5. The van der Waals surface area contributed by atoms with Crippen LogP contribution in [0.25, 0.3) is 16.9 Å². The Bertz CT molecular complexity index is 993. The van der Waals surface area contributed by atoms with E-state index >= 15 is 0 Å². The normalized spacial score (nSPS) is 11.3. The Kier molecular flexibility index (Phi) is 6.96. The van der Waals surface area contributed by atoms with Gasteiger partial charge in [0.15, 0.2) is 5.65 Å². The molecule has 1 amide bonds. The van der Waals surface area contributed by atoms with Gasteiger partial charge in [0.2, 0.25) is 6.41 Å². The number of rotatable bonds is 4. The maximum atomic E-state index is 9.69. The first-order valence-corrected chi connectivity index (χ1v) is 8.47. The summed E-state index contributed by atoms with van der Waals surface area (Å²) in [6, 6.07) is 11.6. The van der Waals surface area contributed by atoms with Gasteiger partial charge in [-0.25, -0.2) is 9.50 Å². The van der Waals surface area contributed by atoms with Crippen LogP contribution in [0.5, 0.6) is 0 Å². The number of hydrogen-bond donors (Lipinski definition) is 3. The summed E-state index contributed by atoms with van der Waals surface area (Å²) in [7, 11) is 0. The van der Waals surface area contributed by atoms with Gasteiger partial charge in [0, 0.05) is 5.56 Å². The fourth-order valence-corrected chi connectivity index (χ4v) is 2.47. The molecule has 0 aliphatic heterocycles. The number of carbonyl (C=O) groups excluding carboxylic acids is 1. The number of hydrogen-bond acceptors (Lipinski definition) is 5. The average Bonchev–Trinajstić information content (AvgIpc) is 2.95. The second kappa shape index (κ2) is 9.40. The molecule has 0 aliphatic rings. The van der Waals surface area contributed by atoms with Crippen molar-refractivity contribution < 1.29 is 4.79 Å². The lowest BCUT2D eigenvalue weighted by Crippen LogP contribution is -2.17. The second-order valence-electron chi connectivity index (χ2n) is 5.52. The second-order valence-corrected chi connectivity index (χ2v) is 5.93. The Hall–Kier alpha value is -3.32. The molecule has 0 aliphatic carbocycles. The van der Waals surface area contributed by atoms with Crippen LogP contribution in [-0.4, -0.2) is 21.0 Å². The monoisotopic (exact) mass is 384 g/mol. The van der Waals surface area contributed by atoms with E-state index in [1.165, 1.54) is 18.4 Å². The van der Waals surface area contributed by atoms with Crippen LogP contribution in [0, 0.1) is 13.8 Å². The SMILES string of the molecule is Cc1nc2ccc(-c3ccccc3Cl)nn2c1C.N/C=C\C=C(/N)NC=O. The van der Waals surface area contributed by atoms with Crippen LogP contribution >= 0.6 is 11.6 Å². The minimum absolute atomic E-state index is 0.270. The highest BCUT2D eigenvalue weighted by molar-refractivity contribution is 6.33. The number of fused-ring (bicyclic) bond motifs is 1. The van der Waals surface area contributed by atoms with E-state index in [4.69, 9.17) is 23.1 Å². The molecule has 1 aromatic carbocycles. The van der Waals surface area contributed by atoms with Crippen LogP contribution in [0.4, 0.5) is 0 Å². The number of nitrogens with one attached hydrogen (secondary N) is 1. The summed E-state index contributed by atoms with van der Waals surface area (Å²) in [5.41, 5.74) is 14.9. The molecule has 2 heterocycles. The molecule has 140 valence electrons. The number of nitrogens with zero attached hydrogens (tertiary/aromatic N) is 3. The Balaban J connectivity index is 0.000000249. The molecule has 0 atom stereocenters. The van der Waals surface area contributed by atoms with Gasteiger partial charge in [-0.15, -0.1) is 0 Å². The number of carbonyl (C=O) groups is 1. The lowest BCUT2D eigenvalue weighted by Gasteiger charge is -2.04. The molecule has 0 saturated carbocycles. The number of nitrogens with two attached hydrogens (primary N) is 2. The summed E-state index contributed by atoms with van der Waals surface area (Å²) < 4.78 is 1.86. The predicted molar refractivity (Wildman–Crippen MR) is 108 cm³/mol. The van der Waals surface area contributed by atoms with E-state index in [9.17, 15) is 4.79 Å². The molecule has 7 nitrogen and oxygen atoms in total. The molecule has 0 fully saturated rings. The van der Waals surface area contributed by atoms with E-state index in [0.29, 0.717) is 11.4 Å². The molecule has 8 heteroatoms. The molecular weight excluding hydrogens is 364 g/mol. The van der Waals surface area contributed by atoms with Gasteiger partial charge in [-0.2, -0.15) is 5.10 Å². The van der Waals surface area contributed by atoms with Gasteiger partial charge in [0.1, 0.15) is 5.82 Å². The van der Waals surface area contributed by atoms with Crippen LogP contribution in [-0.2, 0) is 4.79 Å². The smallest absolute Gasteiger partial charge is 0.212 e. The summed E-state index contributed by atoms with van der Waals surface area (Å²) in [5.74, 6) is 0.270. The van der Waals surface area contributed by atoms with Crippen molar-refractivity contribution in [3.05, 3.63) is 77.0 Å². The van der Waals surface area contributed by atoms with E-state index in [1.807, 2.05) is 54.8 Å². The Labute approximate surface area is 162 Å². The highest BCUT2D eigenvalue weighted by Gasteiger charge is 2.09. The maximum absolute atomic E-state index is 9.69. The van der Waals surface area contributed by atoms with Crippen molar-refractivity contribution in [2.45, 2.75) is 13.8 Å². The molecule has 0 spiro atoms. The van der Waals surface area contributed by atoms with Gasteiger partial charge in [0.25, 0.3) is 0 Å². The van der Waals surface area contributed by atoms with Crippen molar-refractivity contribution in [1.82, 2.24) is 19.9 Å². The van der Waals surface area contributed by atoms with Crippen molar-refractivity contribution in [2.24, 2.45) is 11.5 Å². The molecule has 0 radical (unpaired) electrons. The van der Waals surface area contributed by atoms with Gasteiger partial charge in [-0.05, 0) is 50.4 Å². The number of allylic oxidation sites excluding steroid dienone is 2. The van der Waals surface area contributed by atoms with Crippen molar-refractivity contribution in [3.8, 4) is 11.3 Å². The number of halogens is 1. The van der Waals surface area contributed by atoms with Gasteiger partial charge in [0.05, 0.1) is 22.1 Å². The molecule has 0 saturated heterocycles. The minimum Gasteiger partial charge on any atom is -0.405 e. The Morgan fingerprint density at radius 2 is 1.96 bits per heavy atom. The summed E-state index contributed by atoms with van der Waals surface area (Å²) in [4.78, 5) is 14.1. The lowest BCUT2D eigenvalue weighted by atomic mass is 10.1. The predicted octanol–water partition coefficient (Wildman–Crippen LogP) is 2.67. The quantitative estimate of drug-likeness (QED) is 0.473. The summed E-state index contributed by atoms with van der Waals surface area (Å²) in [5, 5.41) is 7.54. The molecule has 3 rings (SSSR count). The van der Waals surface area contributed by atoms with Crippen molar-refractivity contribution in [2.75, 3.05) is 0 Å². The molecule has 3 aromatic rings. The summed E-state index contributed by atoms with van der Waals surface area (Å²) in [6.45, 7) is 4.00. The van der Waals surface area contributed by atoms with E-state index in [-0.39, 0.29) is 5.82 Å². The number of benzene rings is 1. The van der Waals surface area contributed by atoms with Crippen LogP contribution in [0.3, 0.4) is 0 Å². The molecule has 0 unspecified atom stereocenters. The zero-order chi connectivity index (χ0) is 19.8.